The van der Waals surface area contributed by atoms with E-state index in [2.05, 4.69) is 25.8 Å². The molecule has 0 spiro atoms. The Morgan fingerprint density at radius 2 is 1.92 bits per heavy atom. The molecule has 1 fully saturated rings. The van der Waals surface area contributed by atoms with Crippen molar-refractivity contribution in [3.63, 3.8) is 0 Å². The number of aryl methyl sites for hydroxylation is 1. The highest BCUT2D eigenvalue weighted by Crippen LogP contribution is 2.22. The van der Waals surface area contributed by atoms with Crippen LogP contribution < -0.4 is 16.4 Å². The zero-order valence-electron chi connectivity index (χ0n) is 14.9. The average Bonchev–Trinajstić information content (AvgIpc) is 2.47. The van der Waals surface area contributed by atoms with Gasteiger partial charge in [0.1, 0.15) is 11.3 Å². The molecule has 0 aromatic carbocycles. The van der Waals surface area contributed by atoms with Crippen molar-refractivity contribution in [3.8, 4) is 0 Å². The molecule has 1 amide bonds. The van der Waals surface area contributed by atoms with E-state index >= 15 is 0 Å². The van der Waals surface area contributed by atoms with Crippen molar-refractivity contribution in [1.29, 1.82) is 0 Å². The Labute approximate surface area is 143 Å². The first-order valence-electron chi connectivity index (χ1n) is 8.53. The van der Waals surface area contributed by atoms with E-state index in [9.17, 15) is 4.79 Å². The van der Waals surface area contributed by atoms with Crippen LogP contribution in [0.5, 0.6) is 0 Å². The minimum absolute atomic E-state index is 0.0277. The molecule has 2 atom stereocenters. The lowest BCUT2D eigenvalue weighted by molar-refractivity contribution is 0.0488. The van der Waals surface area contributed by atoms with Gasteiger partial charge in [-0.15, -0.1) is 10.2 Å². The van der Waals surface area contributed by atoms with E-state index in [-0.39, 0.29) is 12.1 Å². The highest BCUT2D eigenvalue weighted by atomic mass is 16.6. The second kappa shape index (κ2) is 7.63. The van der Waals surface area contributed by atoms with Gasteiger partial charge in [-0.05, 0) is 40.0 Å². The van der Waals surface area contributed by atoms with Gasteiger partial charge in [0.15, 0.2) is 5.82 Å². The molecule has 8 heteroatoms. The third-order valence-electron chi connectivity index (χ3n) is 3.90. The molecule has 24 heavy (non-hydrogen) atoms. The fourth-order valence-electron chi connectivity index (χ4n) is 2.77. The first-order chi connectivity index (χ1) is 11.3. The predicted molar refractivity (Wildman–Crippen MR) is 92.7 cm³/mol. The maximum Gasteiger partial charge on any atom is 0.407 e. The van der Waals surface area contributed by atoms with Crippen LogP contribution in [-0.2, 0) is 11.2 Å². The van der Waals surface area contributed by atoms with E-state index in [4.69, 9.17) is 10.5 Å². The van der Waals surface area contributed by atoms with Crippen molar-refractivity contribution in [2.24, 2.45) is 0 Å². The summed E-state index contributed by atoms with van der Waals surface area (Å²) in [6, 6.07) is -0.00998. The van der Waals surface area contributed by atoms with Gasteiger partial charge in [-0.3, -0.25) is 0 Å². The lowest BCUT2D eigenvalue weighted by Gasteiger charge is -2.33. The van der Waals surface area contributed by atoms with Gasteiger partial charge in [0.25, 0.3) is 0 Å². The predicted octanol–water partition coefficient (Wildman–Crippen LogP) is 2.26. The number of anilines is 2. The van der Waals surface area contributed by atoms with Crippen LogP contribution in [0.15, 0.2) is 0 Å². The molecular weight excluding hydrogens is 308 g/mol. The minimum Gasteiger partial charge on any atom is -0.444 e. The SMILES string of the molecule is CCc1nnc(N[C@@H]2CCCC[C@@H]2NC(=O)OC(C)(C)C)nc1N. The quantitative estimate of drug-likeness (QED) is 0.772. The Balaban J connectivity index is 2.01. The molecule has 1 aliphatic rings. The minimum atomic E-state index is -0.515. The zero-order valence-corrected chi connectivity index (χ0v) is 14.9. The van der Waals surface area contributed by atoms with Gasteiger partial charge in [-0.1, -0.05) is 19.8 Å². The molecule has 2 rings (SSSR count). The lowest BCUT2D eigenvalue weighted by atomic mass is 9.90. The molecular formula is C16H28N6O2. The fraction of sp³-hybridized carbons (Fsp3) is 0.750. The van der Waals surface area contributed by atoms with Crippen LogP contribution in [-0.4, -0.2) is 39.0 Å². The third kappa shape index (κ3) is 5.21. The van der Waals surface area contributed by atoms with Crippen LogP contribution in [0, 0.1) is 0 Å². The summed E-state index contributed by atoms with van der Waals surface area (Å²) in [6.07, 6.45) is 4.24. The van der Waals surface area contributed by atoms with Crippen molar-refractivity contribution in [2.75, 3.05) is 11.1 Å². The molecule has 1 heterocycles. The molecule has 4 N–H and O–H groups in total. The van der Waals surface area contributed by atoms with Crippen molar-refractivity contribution in [1.82, 2.24) is 20.5 Å². The lowest BCUT2D eigenvalue weighted by Crippen LogP contribution is -2.50. The number of hydrogen-bond acceptors (Lipinski definition) is 7. The number of nitrogens with two attached hydrogens (primary N) is 1. The van der Waals surface area contributed by atoms with Gasteiger partial charge in [0.05, 0.1) is 6.04 Å². The van der Waals surface area contributed by atoms with Crippen molar-refractivity contribution in [2.45, 2.75) is 77.5 Å². The largest absolute Gasteiger partial charge is 0.444 e. The molecule has 1 saturated carbocycles. The molecule has 0 saturated heterocycles. The molecule has 134 valence electrons. The Kier molecular flexibility index (Phi) is 5.80. The molecule has 0 bridgehead atoms. The van der Waals surface area contributed by atoms with E-state index in [0.29, 0.717) is 23.9 Å². The standard InChI is InChI=1S/C16H28N6O2/c1-5-10-13(17)20-14(22-21-10)18-11-8-6-7-9-12(11)19-15(23)24-16(2,3)4/h11-12H,5-9H2,1-4H3,(H,19,23)(H3,17,18,20,22)/t11-,12+/m1/s1. The monoisotopic (exact) mass is 336 g/mol. The first-order valence-corrected chi connectivity index (χ1v) is 8.53. The number of carbonyl (C=O) groups is 1. The van der Waals surface area contributed by atoms with E-state index in [0.717, 1.165) is 25.7 Å². The number of rotatable bonds is 4. The van der Waals surface area contributed by atoms with Crippen LogP contribution in [0.1, 0.15) is 59.1 Å². The number of nitrogens with zero attached hydrogens (tertiary/aromatic N) is 3. The summed E-state index contributed by atoms with van der Waals surface area (Å²) < 4.78 is 5.35. The molecule has 1 aromatic heterocycles. The number of ether oxygens (including phenoxy) is 1. The molecule has 1 aromatic rings. The molecule has 0 radical (unpaired) electrons. The van der Waals surface area contributed by atoms with Gasteiger partial charge in [-0.2, -0.15) is 4.98 Å². The molecule has 0 unspecified atom stereocenters. The summed E-state index contributed by atoms with van der Waals surface area (Å²) in [5.74, 6) is 0.787. The van der Waals surface area contributed by atoms with Crippen molar-refractivity contribution in [3.05, 3.63) is 5.69 Å². The van der Waals surface area contributed by atoms with Crippen LogP contribution in [0.3, 0.4) is 0 Å². The number of alkyl carbamates (subject to hydrolysis) is 1. The summed E-state index contributed by atoms with van der Waals surface area (Å²) in [5.41, 5.74) is 6.05. The number of carbonyl (C=O) groups excluding carboxylic acids is 1. The van der Waals surface area contributed by atoms with E-state index < -0.39 is 11.7 Å². The molecule has 8 nitrogen and oxygen atoms in total. The maximum absolute atomic E-state index is 12.0. The topological polar surface area (TPSA) is 115 Å². The van der Waals surface area contributed by atoms with Crippen molar-refractivity contribution < 1.29 is 9.53 Å². The Bertz CT molecular complexity index is 572. The maximum atomic E-state index is 12.0. The average molecular weight is 336 g/mol. The number of nitrogens with one attached hydrogen (secondary N) is 2. The van der Waals surface area contributed by atoms with E-state index in [1.165, 1.54) is 0 Å². The number of hydrogen-bond donors (Lipinski definition) is 3. The first kappa shape index (κ1) is 18.2. The summed E-state index contributed by atoms with van der Waals surface area (Å²) in [6.45, 7) is 7.50. The second-order valence-corrected chi connectivity index (χ2v) is 7.11. The van der Waals surface area contributed by atoms with Gasteiger partial charge < -0.3 is 21.1 Å². The fourth-order valence-corrected chi connectivity index (χ4v) is 2.77. The van der Waals surface area contributed by atoms with Gasteiger partial charge in [0, 0.05) is 6.04 Å². The Hall–Kier alpha value is -2.12. The summed E-state index contributed by atoms with van der Waals surface area (Å²) in [7, 11) is 0. The van der Waals surface area contributed by atoms with Crippen LogP contribution in [0.2, 0.25) is 0 Å². The Morgan fingerprint density at radius 3 is 2.50 bits per heavy atom. The van der Waals surface area contributed by atoms with Crippen LogP contribution in [0.4, 0.5) is 16.6 Å². The highest BCUT2D eigenvalue weighted by Gasteiger charge is 2.29. The second-order valence-electron chi connectivity index (χ2n) is 7.11. The van der Waals surface area contributed by atoms with Gasteiger partial charge in [-0.25, -0.2) is 4.79 Å². The van der Waals surface area contributed by atoms with Gasteiger partial charge >= 0.3 is 6.09 Å². The summed E-state index contributed by atoms with van der Waals surface area (Å²) in [5, 5.41) is 14.4. The summed E-state index contributed by atoms with van der Waals surface area (Å²) in [4.78, 5) is 16.3. The smallest absolute Gasteiger partial charge is 0.407 e. The molecule has 0 aliphatic heterocycles. The van der Waals surface area contributed by atoms with Gasteiger partial charge in [0.2, 0.25) is 5.95 Å². The zero-order chi connectivity index (χ0) is 17.7. The summed E-state index contributed by atoms with van der Waals surface area (Å²) >= 11 is 0. The molecule has 1 aliphatic carbocycles. The third-order valence-corrected chi connectivity index (χ3v) is 3.90. The number of aromatic nitrogens is 3. The van der Waals surface area contributed by atoms with Crippen LogP contribution in [0.25, 0.3) is 0 Å². The Morgan fingerprint density at radius 1 is 1.25 bits per heavy atom. The highest BCUT2D eigenvalue weighted by molar-refractivity contribution is 5.68. The normalized spacial score (nSPS) is 21.2. The van der Waals surface area contributed by atoms with E-state index in [1.807, 2.05) is 27.7 Å². The van der Waals surface area contributed by atoms with Crippen LogP contribution >= 0.6 is 0 Å². The van der Waals surface area contributed by atoms with E-state index in [1.54, 1.807) is 0 Å². The number of amides is 1. The van der Waals surface area contributed by atoms with Crippen molar-refractivity contribution >= 4 is 17.9 Å². The number of nitrogen functional groups attached to an aromatic ring is 1.